The third kappa shape index (κ3) is 5.64. The maximum Gasteiger partial charge on any atom is 0.338 e. The van der Waals surface area contributed by atoms with Crippen LogP contribution in [0.1, 0.15) is 20.8 Å². The van der Waals surface area contributed by atoms with Gasteiger partial charge < -0.3 is 19.7 Å². The molecule has 1 N–H and O–H groups in total. The first-order chi connectivity index (χ1) is 9.58. The Hall–Kier alpha value is -2.38. The van der Waals surface area contributed by atoms with Gasteiger partial charge in [0.1, 0.15) is 11.6 Å². The summed E-state index contributed by atoms with van der Waals surface area (Å²) in [5.41, 5.74) is -0.681. The number of urea groups is 1. The second-order valence-corrected chi connectivity index (χ2v) is 5.49. The number of hydrogen-bond acceptors (Lipinski definition) is 6. The van der Waals surface area contributed by atoms with Crippen molar-refractivity contribution in [1.82, 2.24) is 10.2 Å². The predicted octanol–water partition coefficient (Wildman–Crippen LogP) is -0.0223. The van der Waals surface area contributed by atoms with Crippen LogP contribution in [0.4, 0.5) is 4.79 Å². The number of rotatable bonds is 3. The maximum atomic E-state index is 11.6. The predicted molar refractivity (Wildman–Crippen MR) is 71.0 cm³/mol. The summed E-state index contributed by atoms with van der Waals surface area (Å²) in [6.45, 7) is 5.15. The molecule has 1 rings (SSSR count). The largest absolute Gasteiger partial charge is 0.457 e. The molecular weight excluding hydrogens is 280 g/mol. The lowest BCUT2D eigenvalue weighted by Gasteiger charge is -2.17. The van der Waals surface area contributed by atoms with E-state index < -0.39 is 35.6 Å². The molecule has 116 valence electrons. The van der Waals surface area contributed by atoms with Crippen LogP contribution in [-0.2, 0) is 23.9 Å². The highest BCUT2D eigenvalue weighted by Crippen LogP contribution is 2.07. The Balaban J connectivity index is 2.45. The molecule has 1 fully saturated rings. The number of likely N-dealkylation sites (N-methyl/N-ethyl adjacent to an activating group) is 1. The highest BCUT2D eigenvalue weighted by molar-refractivity contribution is 5.99. The first-order valence-corrected chi connectivity index (χ1v) is 6.27. The lowest BCUT2D eigenvalue weighted by atomic mass is 10.2. The molecule has 0 aromatic heterocycles. The molecule has 0 spiro atoms. The molecule has 21 heavy (non-hydrogen) atoms. The molecular formula is C13H18N2O6. The van der Waals surface area contributed by atoms with Crippen LogP contribution in [0.3, 0.4) is 0 Å². The van der Waals surface area contributed by atoms with Crippen LogP contribution in [0.5, 0.6) is 0 Å². The first-order valence-electron chi connectivity index (χ1n) is 6.27. The van der Waals surface area contributed by atoms with Crippen LogP contribution >= 0.6 is 0 Å². The topological polar surface area (TPSA) is 102 Å². The molecule has 0 saturated carbocycles. The zero-order chi connectivity index (χ0) is 16.2. The monoisotopic (exact) mass is 298 g/mol. The minimum Gasteiger partial charge on any atom is -0.457 e. The molecule has 1 saturated heterocycles. The van der Waals surface area contributed by atoms with Crippen LogP contribution in [0.25, 0.3) is 0 Å². The van der Waals surface area contributed by atoms with Gasteiger partial charge in [-0.05, 0) is 20.8 Å². The fraction of sp³-hybridized carbons (Fsp3) is 0.538. The molecule has 8 heteroatoms. The number of hydrogen-bond donors (Lipinski definition) is 1. The Morgan fingerprint density at radius 3 is 2.29 bits per heavy atom. The summed E-state index contributed by atoms with van der Waals surface area (Å²) in [4.78, 5) is 46.7. The van der Waals surface area contributed by atoms with Gasteiger partial charge in [0.05, 0.1) is 6.54 Å². The van der Waals surface area contributed by atoms with Crippen molar-refractivity contribution in [3.63, 3.8) is 0 Å². The van der Waals surface area contributed by atoms with Crippen LogP contribution in [0.2, 0.25) is 0 Å². The Morgan fingerprint density at radius 1 is 1.24 bits per heavy atom. The van der Waals surface area contributed by atoms with Gasteiger partial charge in [-0.3, -0.25) is 0 Å². The Morgan fingerprint density at radius 2 is 1.81 bits per heavy atom. The fourth-order valence-electron chi connectivity index (χ4n) is 1.47. The summed E-state index contributed by atoms with van der Waals surface area (Å²) in [6, 6.07) is -1.32. The van der Waals surface area contributed by atoms with E-state index in [4.69, 9.17) is 4.74 Å². The maximum absolute atomic E-state index is 11.6. The SMILES string of the molecule is CN1CC(C(=O)OC(=O)/C=C/C(=O)OC(C)(C)C)NC1=O. The van der Waals surface area contributed by atoms with Gasteiger partial charge in [0.2, 0.25) is 0 Å². The summed E-state index contributed by atoms with van der Waals surface area (Å²) in [5, 5.41) is 2.35. The van der Waals surface area contributed by atoms with Crippen LogP contribution in [0.15, 0.2) is 12.2 Å². The van der Waals surface area contributed by atoms with Crippen molar-refractivity contribution < 1.29 is 28.7 Å². The zero-order valence-corrected chi connectivity index (χ0v) is 12.3. The molecule has 0 aliphatic carbocycles. The number of carbonyl (C=O) groups excluding carboxylic acids is 4. The number of nitrogens with zero attached hydrogens (tertiary/aromatic N) is 1. The third-order valence-corrected chi connectivity index (χ3v) is 2.35. The van der Waals surface area contributed by atoms with E-state index in [-0.39, 0.29) is 6.54 Å². The van der Waals surface area contributed by atoms with E-state index in [2.05, 4.69) is 10.1 Å². The second kappa shape index (κ2) is 6.38. The van der Waals surface area contributed by atoms with Crippen molar-refractivity contribution >= 4 is 23.9 Å². The zero-order valence-electron chi connectivity index (χ0n) is 12.3. The molecule has 0 radical (unpaired) electrons. The highest BCUT2D eigenvalue weighted by Gasteiger charge is 2.33. The Labute approximate surface area is 122 Å². The minimum absolute atomic E-state index is 0.112. The summed E-state index contributed by atoms with van der Waals surface area (Å²) < 4.78 is 9.44. The van der Waals surface area contributed by atoms with Crippen molar-refractivity contribution in [2.24, 2.45) is 0 Å². The van der Waals surface area contributed by atoms with Crippen molar-refractivity contribution in [3.8, 4) is 0 Å². The quantitative estimate of drug-likeness (QED) is 0.446. The van der Waals surface area contributed by atoms with Gasteiger partial charge in [0.25, 0.3) is 0 Å². The van der Waals surface area contributed by atoms with Crippen molar-refractivity contribution in [3.05, 3.63) is 12.2 Å². The van der Waals surface area contributed by atoms with Gasteiger partial charge >= 0.3 is 23.9 Å². The van der Waals surface area contributed by atoms with Crippen molar-refractivity contribution in [2.75, 3.05) is 13.6 Å². The number of carbonyl (C=O) groups is 4. The minimum atomic E-state index is -1.00. The average Bonchev–Trinajstić information content (AvgIpc) is 2.65. The molecule has 8 nitrogen and oxygen atoms in total. The fourth-order valence-corrected chi connectivity index (χ4v) is 1.47. The second-order valence-electron chi connectivity index (χ2n) is 5.49. The Kier molecular flexibility index (Phi) is 5.07. The lowest BCUT2D eigenvalue weighted by Crippen LogP contribution is -2.36. The standard InChI is InChI=1S/C13H18N2O6/c1-13(2,3)21-10(17)6-5-9(16)20-11(18)8-7-15(4)12(19)14-8/h5-6,8H,7H2,1-4H3,(H,14,19)/b6-5+. The molecule has 1 aliphatic rings. The number of nitrogens with one attached hydrogen (secondary N) is 1. The normalized spacial score (nSPS) is 18.6. The smallest absolute Gasteiger partial charge is 0.338 e. The molecule has 2 amide bonds. The average molecular weight is 298 g/mol. The summed E-state index contributed by atoms with van der Waals surface area (Å²) >= 11 is 0. The van der Waals surface area contributed by atoms with Crippen LogP contribution < -0.4 is 5.32 Å². The number of esters is 3. The molecule has 1 heterocycles. The van der Waals surface area contributed by atoms with E-state index in [1.54, 1.807) is 20.8 Å². The van der Waals surface area contributed by atoms with E-state index >= 15 is 0 Å². The van der Waals surface area contributed by atoms with E-state index in [1.165, 1.54) is 11.9 Å². The molecule has 1 aliphatic heterocycles. The Bertz CT molecular complexity index is 491. The van der Waals surface area contributed by atoms with E-state index in [9.17, 15) is 19.2 Å². The van der Waals surface area contributed by atoms with Gasteiger partial charge in [-0.25, -0.2) is 19.2 Å². The van der Waals surface area contributed by atoms with Gasteiger partial charge in [-0.1, -0.05) is 0 Å². The molecule has 0 bridgehead atoms. The van der Waals surface area contributed by atoms with Gasteiger partial charge in [0.15, 0.2) is 0 Å². The lowest BCUT2D eigenvalue weighted by molar-refractivity contribution is -0.158. The molecule has 0 aromatic carbocycles. The van der Waals surface area contributed by atoms with Crippen LogP contribution in [-0.4, -0.2) is 54.1 Å². The summed E-state index contributed by atoms with van der Waals surface area (Å²) in [5.74, 6) is -2.61. The van der Waals surface area contributed by atoms with Gasteiger partial charge in [-0.15, -0.1) is 0 Å². The molecule has 1 atom stereocenters. The van der Waals surface area contributed by atoms with Gasteiger partial charge in [0, 0.05) is 19.2 Å². The van der Waals surface area contributed by atoms with Gasteiger partial charge in [-0.2, -0.15) is 0 Å². The highest BCUT2D eigenvalue weighted by atomic mass is 16.6. The molecule has 1 unspecified atom stereocenters. The van der Waals surface area contributed by atoms with E-state index in [0.29, 0.717) is 0 Å². The third-order valence-electron chi connectivity index (χ3n) is 2.35. The van der Waals surface area contributed by atoms with E-state index in [1.807, 2.05) is 0 Å². The van der Waals surface area contributed by atoms with Crippen molar-refractivity contribution in [1.29, 1.82) is 0 Å². The summed E-state index contributed by atoms with van der Waals surface area (Å²) in [6.07, 6.45) is 1.67. The van der Waals surface area contributed by atoms with Crippen LogP contribution in [0, 0.1) is 0 Å². The number of amides is 2. The molecule has 0 aromatic rings. The first kappa shape index (κ1) is 16.7. The van der Waals surface area contributed by atoms with E-state index in [0.717, 1.165) is 12.2 Å². The van der Waals surface area contributed by atoms with Crippen molar-refractivity contribution in [2.45, 2.75) is 32.4 Å². The number of ether oxygens (including phenoxy) is 2. The summed E-state index contributed by atoms with van der Waals surface area (Å²) in [7, 11) is 1.51.